The smallest absolute Gasteiger partial charge is 0.229 e. The summed E-state index contributed by atoms with van der Waals surface area (Å²) >= 11 is 1.51. The third kappa shape index (κ3) is 5.95. The van der Waals surface area contributed by atoms with E-state index in [-0.39, 0.29) is 5.91 Å². The molecule has 0 aromatic rings. The van der Waals surface area contributed by atoms with Gasteiger partial charge in [-0.25, -0.2) is 0 Å². The summed E-state index contributed by atoms with van der Waals surface area (Å²) in [5.74, 6) is 1.16. The zero-order valence-corrected chi connectivity index (χ0v) is 7.46. The fourth-order valence-corrected chi connectivity index (χ4v) is 1.26. The van der Waals surface area contributed by atoms with Gasteiger partial charge >= 0.3 is 0 Å². The Morgan fingerprint density at radius 1 is 1.50 bits per heavy atom. The molecule has 1 N–H and O–H groups in total. The van der Waals surface area contributed by atoms with Crippen molar-refractivity contribution in [2.24, 2.45) is 0 Å². The molecule has 0 aliphatic heterocycles. The molecule has 0 spiro atoms. The fraction of sp³-hybridized carbons (Fsp3) is 0.857. The van der Waals surface area contributed by atoms with Crippen LogP contribution in [-0.4, -0.2) is 11.7 Å². The quantitative estimate of drug-likeness (QED) is 0.493. The molecule has 10 heavy (non-hydrogen) atoms. The van der Waals surface area contributed by atoms with Gasteiger partial charge in [-0.1, -0.05) is 32.2 Å². The molecule has 0 radical (unpaired) electrons. The summed E-state index contributed by atoms with van der Waals surface area (Å²) in [6.45, 7) is 4.00. The predicted molar refractivity (Wildman–Crippen MR) is 45.8 cm³/mol. The highest BCUT2D eigenvalue weighted by Gasteiger charge is 1.93. The van der Waals surface area contributed by atoms with E-state index in [1.54, 1.807) is 0 Å². The average molecular weight is 161 g/mol. The Labute approximate surface area is 66.9 Å². The van der Waals surface area contributed by atoms with Crippen molar-refractivity contribution in [3.05, 3.63) is 0 Å². The molecule has 0 rings (SSSR count). The summed E-state index contributed by atoms with van der Waals surface area (Å²) < 4.78 is 2.74. The molecule has 3 heteroatoms. The number of amides is 1. The Hall–Kier alpha value is -0.180. The van der Waals surface area contributed by atoms with Crippen LogP contribution in [0.1, 0.15) is 33.1 Å². The van der Waals surface area contributed by atoms with Gasteiger partial charge < -0.3 is 4.72 Å². The second-order valence-corrected chi connectivity index (χ2v) is 2.98. The molecule has 60 valence electrons. The van der Waals surface area contributed by atoms with Gasteiger partial charge in [0.25, 0.3) is 0 Å². The highest BCUT2D eigenvalue weighted by molar-refractivity contribution is 7.97. The van der Waals surface area contributed by atoms with Gasteiger partial charge in [-0.05, 0) is 6.42 Å². The summed E-state index contributed by atoms with van der Waals surface area (Å²) in [7, 11) is 0. The fourth-order valence-electron chi connectivity index (χ4n) is 0.420. The van der Waals surface area contributed by atoms with E-state index in [9.17, 15) is 4.79 Å². The van der Waals surface area contributed by atoms with Crippen LogP contribution in [0.4, 0.5) is 0 Å². The molecule has 1 amide bonds. The van der Waals surface area contributed by atoms with E-state index in [0.29, 0.717) is 6.42 Å². The van der Waals surface area contributed by atoms with Gasteiger partial charge in [0.1, 0.15) is 0 Å². The highest BCUT2D eigenvalue weighted by Crippen LogP contribution is 1.99. The number of carbonyl (C=O) groups excluding carboxylic acids is 1. The molecule has 0 heterocycles. The van der Waals surface area contributed by atoms with Crippen LogP contribution in [0.2, 0.25) is 0 Å². The Bertz CT molecular complexity index is 95.6. The standard InChI is InChI=1S/C7H15NOS/c1-3-5-6-10-8-7(9)4-2/h3-6H2,1-2H3,(H,8,9). The van der Waals surface area contributed by atoms with Crippen LogP contribution in [0.3, 0.4) is 0 Å². The first-order chi connectivity index (χ1) is 4.81. The Morgan fingerprint density at radius 2 is 2.20 bits per heavy atom. The molecule has 0 unspecified atom stereocenters. The third-order valence-electron chi connectivity index (χ3n) is 1.11. The maximum absolute atomic E-state index is 10.6. The molecular weight excluding hydrogens is 146 g/mol. The van der Waals surface area contributed by atoms with E-state index in [1.165, 1.54) is 24.8 Å². The molecule has 0 aliphatic carbocycles. The van der Waals surface area contributed by atoms with Crippen LogP contribution in [0.5, 0.6) is 0 Å². The first-order valence-corrected chi connectivity index (χ1v) is 4.70. The molecule has 0 aromatic heterocycles. The zero-order chi connectivity index (χ0) is 7.82. The Balaban J connectivity index is 2.96. The third-order valence-corrected chi connectivity index (χ3v) is 1.97. The predicted octanol–water partition coefficient (Wildman–Crippen LogP) is 1.96. The monoisotopic (exact) mass is 161 g/mol. The lowest BCUT2D eigenvalue weighted by Crippen LogP contribution is -2.14. The van der Waals surface area contributed by atoms with Crippen molar-refractivity contribution in [2.75, 3.05) is 5.75 Å². The van der Waals surface area contributed by atoms with Gasteiger partial charge in [0.15, 0.2) is 0 Å². The minimum absolute atomic E-state index is 0.126. The first-order valence-electron chi connectivity index (χ1n) is 3.71. The van der Waals surface area contributed by atoms with Crippen LogP contribution in [0.15, 0.2) is 0 Å². The summed E-state index contributed by atoms with van der Waals surface area (Å²) in [4.78, 5) is 10.6. The highest BCUT2D eigenvalue weighted by atomic mass is 32.2. The molecule has 0 fully saturated rings. The maximum atomic E-state index is 10.6. The number of hydrogen-bond acceptors (Lipinski definition) is 2. The molecule has 0 saturated carbocycles. The lowest BCUT2D eigenvalue weighted by atomic mass is 10.4. The first kappa shape index (κ1) is 9.82. The van der Waals surface area contributed by atoms with Crippen molar-refractivity contribution in [1.82, 2.24) is 4.72 Å². The van der Waals surface area contributed by atoms with Crippen LogP contribution in [-0.2, 0) is 4.79 Å². The SMILES string of the molecule is CCCCSNC(=O)CC. The summed E-state index contributed by atoms with van der Waals surface area (Å²) in [6, 6.07) is 0. The number of nitrogens with one attached hydrogen (secondary N) is 1. The van der Waals surface area contributed by atoms with Crippen molar-refractivity contribution in [3.8, 4) is 0 Å². The number of hydrogen-bond donors (Lipinski definition) is 1. The zero-order valence-electron chi connectivity index (χ0n) is 6.64. The van der Waals surface area contributed by atoms with E-state index in [1.807, 2.05) is 6.92 Å². The van der Waals surface area contributed by atoms with Crippen LogP contribution >= 0.6 is 11.9 Å². The summed E-state index contributed by atoms with van der Waals surface area (Å²) in [5, 5.41) is 0. The minimum Gasteiger partial charge on any atom is -0.300 e. The lowest BCUT2D eigenvalue weighted by molar-refractivity contribution is -0.118. The number of unbranched alkanes of at least 4 members (excludes halogenated alkanes) is 1. The maximum Gasteiger partial charge on any atom is 0.229 e. The average Bonchev–Trinajstić information content (AvgIpc) is 1.98. The summed E-state index contributed by atoms with van der Waals surface area (Å²) in [6.07, 6.45) is 2.95. The van der Waals surface area contributed by atoms with E-state index >= 15 is 0 Å². The van der Waals surface area contributed by atoms with Gasteiger partial charge in [-0.3, -0.25) is 4.79 Å². The van der Waals surface area contributed by atoms with Gasteiger partial charge in [0, 0.05) is 12.2 Å². The minimum atomic E-state index is 0.126. The van der Waals surface area contributed by atoms with E-state index in [2.05, 4.69) is 11.6 Å². The molecule has 0 bridgehead atoms. The van der Waals surface area contributed by atoms with Gasteiger partial charge in [-0.2, -0.15) is 0 Å². The van der Waals surface area contributed by atoms with Crippen molar-refractivity contribution in [1.29, 1.82) is 0 Å². The molecule has 2 nitrogen and oxygen atoms in total. The van der Waals surface area contributed by atoms with Crippen LogP contribution in [0, 0.1) is 0 Å². The molecule has 0 atom stereocenters. The topological polar surface area (TPSA) is 29.1 Å². The molecule has 0 saturated heterocycles. The lowest BCUT2D eigenvalue weighted by Gasteiger charge is -1.99. The van der Waals surface area contributed by atoms with Crippen molar-refractivity contribution in [2.45, 2.75) is 33.1 Å². The molecule has 0 aromatic carbocycles. The largest absolute Gasteiger partial charge is 0.300 e. The summed E-state index contributed by atoms with van der Waals surface area (Å²) in [5.41, 5.74) is 0. The number of rotatable bonds is 5. The Kier molecular flexibility index (Phi) is 6.81. The molecule has 0 aliphatic rings. The second-order valence-electron chi connectivity index (χ2n) is 2.08. The van der Waals surface area contributed by atoms with Gasteiger partial charge in [-0.15, -0.1) is 0 Å². The van der Waals surface area contributed by atoms with E-state index < -0.39 is 0 Å². The normalized spacial score (nSPS) is 9.40. The van der Waals surface area contributed by atoms with Gasteiger partial charge in [0.05, 0.1) is 0 Å². The van der Waals surface area contributed by atoms with E-state index in [4.69, 9.17) is 0 Å². The Morgan fingerprint density at radius 3 is 2.70 bits per heavy atom. The second kappa shape index (κ2) is 6.93. The van der Waals surface area contributed by atoms with Crippen LogP contribution < -0.4 is 4.72 Å². The molecular formula is C7H15NOS. The van der Waals surface area contributed by atoms with Crippen molar-refractivity contribution >= 4 is 17.9 Å². The van der Waals surface area contributed by atoms with Crippen LogP contribution in [0.25, 0.3) is 0 Å². The van der Waals surface area contributed by atoms with Crippen molar-refractivity contribution < 1.29 is 4.79 Å². The van der Waals surface area contributed by atoms with Gasteiger partial charge in [0.2, 0.25) is 5.91 Å². The van der Waals surface area contributed by atoms with E-state index in [0.717, 1.165) is 5.75 Å². The van der Waals surface area contributed by atoms with Crippen molar-refractivity contribution in [3.63, 3.8) is 0 Å². The number of carbonyl (C=O) groups is 1.